The number of amides is 2. The number of benzene rings is 2. The lowest BCUT2D eigenvalue weighted by atomic mass is 10.1. The van der Waals surface area contributed by atoms with Crippen molar-refractivity contribution in [2.45, 2.75) is 38.9 Å². The van der Waals surface area contributed by atoms with Crippen molar-refractivity contribution in [1.29, 1.82) is 0 Å². The van der Waals surface area contributed by atoms with Gasteiger partial charge in [-0.05, 0) is 49.6 Å². The highest BCUT2D eigenvalue weighted by Gasteiger charge is 2.17. The third kappa shape index (κ3) is 6.07. The van der Waals surface area contributed by atoms with E-state index in [4.69, 9.17) is 0 Å². The Morgan fingerprint density at radius 1 is 1.03 bits per heavy atom. The number of nitrogens with zero attached hydrogens (tertiary/aromatic N) is 3. The van der Waals surface area contributed by atoms with Crippen molar-refractivity contribution in [3.63, 3.8) is 0 Å². The highest BCUT2D eigenvalue weighted by atomic mass is 32.2. The summed E-state index contributed by atoms with van der Waals surface area (Å²) in [6, 6.07) is 13.5. The molecule has 0 aliphatic rings. The molecule has 0 spiro atoms. The summed E-state index contributed by atoms with van der Waals surface area (Å²) in [5.74, 6) is 0.392. The number of carbonyl (C=O) groups excluding carboxylic acids is 2. The summed E-state index contributed by atoms with van der Waals surface area (Å²) in [4.78, 5) is 25.0. The minimum atomic E-state index is -0.183. The number of hydrogen-bond donors (Lipinski definition) is 2. The van der Waals surface area contributed by atoms with E-state index in [2.05, 4.69) is 27.4 Å². The molecule has 0 aliphatic heterocycles. The van der Waals surface area contributed by atoms with E-state index in [1.54, 1.807) is 10.6 Å². The average molecular weight is 450 g/mol. The lowest BCUT2D eigenvalue weighted by Gasteiger charge is -2.11. The maximum atomic E-state index is 12.5. The quantitative estimate of drug-likeness (QED) is 0.376. The van der Waals surface area contributed by atoms with Gasteiger partial charge in [-0.1, -0.05) is 48.2 Å². The summed E-state index contributed by atoms with van der Waals surface area (Å²) in [5, 5.41) is 14.8. The number of nitrogens with one attached hydrogen (secondary N) is 2. The lowest BCUT2D eigenvalue weighted by molar-refractivity contribution is -0.116. The zero-order valence-electron chi connectivity index (χ0n) is 18.5. The molecule has 1 heterocycles. The number of hydrogen-bond acceptors (Lipinski definition) is 5. The second-order valence-corrected chi connectivity index (χ2v) is 8.44. The zero-order valence-corrected chi connectivity index (χ0v) is 19.3. The second-order valence-electron chi connectivity index (χ2n) is 7.50. The van der Waals surface area contributed by atoms with Crippen LogP contribution in [-0.4, -0.2) is 32.3 Å². The van der Waals surface area contributed by atoms with Crippen molar-refractivity contribution < 1.29 is 9.59 Å². The van der Waals surface area contributed by atoms with Gasteiger partial charge in [0, 0.05) is 17.9 Å². The Bertz CT molecular complexity index is 1120. The molecule has 3 aromatic rings. The summed E-state index contributed by atoms with van der Waals surface area (Å²) in [7, 11) is 0. The number of allylic oxidation sites excluding steroid dienone is 1. The van der Waals surface area contributed by atoms with Gasteiger partial charge >= 0.3 is 0 Å². The number of anilines is 2. The van der Waals surface area contributed by atoms with Crippen molar-refractivity contribution in [2.24, 2.45) is 0 Å². The van der Waals surface area contributed by atoms with E-state index in [-0.39, 0.29) is 24.0 Å². The fourth-order valence-electron chi connectivity index (χ4n) is 3.26. The molecule has 7 nitrogen and oxygen atoms in total. The Hall–Kier alpha value is -3.39. The molecule has 2 N–H and O–H groups in total. The van der Waals surface area contributed by atoms with Crippen LogP contribution in [-0.2, 0) is 22.6 Å². The highest BCUT2D eigenvalue weighted by molar-refractivity contribution is 7.99. The molecule has 32 heavy (non-hydrogen) atoms. The molecule has 0 unspecified atom stereocenters. The van der Waals surface area contributed by atoms with Gasteiger partial charge in [0.25, 0.3) is 0 Å². The maximum absolute atomic E-state index is 12.5. The topological polar surface area (TPSA) is 88.9 Å². The van der Waals surface area contributed by atoms with Crippen LogP contribution < -0.4 is 10.6 Å². The maximum Gasteiger partial charge on any atom is 0.234 e. The molecule has 3 rings (SSSR count). The summed E-state index contributed by atoms with van der Waals surface area (Å²) in [5.41, 5.74) is 4.66. The third-order valence-corrected chi connectivity index (χ3v) is 5.77. The van der Waals surface area contributed by atoms with Gasteiger partial charge in [0.05, 0.1) is 12.2 Å². The molecule has 1 aromatic heterocycles. The fraction of sp³-hybridized carbons (Fsp3) is 0.250. The van der Waals surface area contributed by atoms with Crippen molar-refractivity contribution in [2.75, 3.05) is 16.4 Å². The molecule has 0 saturated heterocycles. The van der Waals surface area contributed by atoms with Crippen LogP contribution in [0.3, 0.4) is 0 Å². The molecule has 0 fully saturated rings. The molecule has 0 bridgehead atoms. The van der Waals surface area contributed by atoms with E-state index in [0.29, 0.717) is 17.5 Å². The van der Waals surface area contributed by atoms with E-state index in [1.165, 1.54) is 11.8 Å². The summed E-state index contributed by atoms with van der Waals surface area (Å²) >= 11 is 1.28. The van der Waals surface area contributed by atoms with Crippen molar-refractivity contribution in [3.8, 4) is 0 Å². The van der Waals surface area contributed by atoms with Crippen molar-refractivity contribution >= 4 is 35.0 Å². The van der Waals surface area contributed by atoms with Crippen molar-refractivity contribution in [3.05, 3.63) is 77.6 Å². The fourth-order valence-corrected chi connectivity index (χ4v) is 4.02. The van der Waals surface area contributed by atoms with E-state index in [9.17, 15) is 9.59 Å². The number of para-hydroxylation sites is 1. The van der Waals surface area contributed by atoms with E-state index < -0.39 is 0 Å². The average Bonchev–Trinajstić information content (AvgIpc) is 3.11. The first kappa shape index (κ1) is 23.3. The predicted molar refractivity (Wildman–Crippen MR) is 129 cm³/mol. The van der Waals surface area contributed by atoms with Gasteiger partial charge in [-0.3, -0.25) is 9.59 Å². The molecular formula is C24H27N5O2S. The Morgan fingerprint density at radius 3 is 2.44 bits per heavy atom. The van der Waals surface area contributed by atoms with Gasteiger partial charge in [0.1, 0.15) is 5.82 Å². The Kier molecular flexibility index (Phi) is 7.83. The van der Waals surface area contributed by atoms with Crippen LogP contribution in [0.5, 0.6) is 0 Å². The number of aryl methyl sites for hydroxylation is 3. The normalized spacial score (nSPS) is 10.6. The molecular weight excluding hydrogens is 422 g/mol. The van der Waals surface area contributed by atoms with Crippen LogP contribution in [0.2, 0.25) is 0 Å². The third-order valence-electron chi connectivity index (χ3n) is 4.80. The van der Waals surface area contributed by atoms with Gasteiger partial charge in [-0.25, -0.2) is 0 Å². The molecule has 166 valence electrons. The van der Waals surface area contributed by atoms with Gasteiger partial charge in [0.2, 0.25) is 11.8 Å². The minimum Gasteiger partial charge on any atom is -0.326 e. The van der Waals surface area contributed by atoms with E-state index >= 15 is 0 Å². The summed E-state index contributed by atoms with van der Waals surface area (Å²) < 4.78 is 1.81. The lowest BCUT2D eigenvalue weighted by Crippen LogP contribution is -2.18. The molecule has 2 amide bonds. The largest absolute Gasteiger partial charge is 0.326 e. The van der Waals surface area contributed by atoms with Crippen molar-refractivity contribution in [1.82, 2.24) is 14.8 Å². The molecule has 2 aromatic carbocycles. The monoisotopic (exact) mass is 449 g/mol. The van der Waals surface area contributed by atoms with Crippen LogP contribution in [0, 0.1) is 20.8 Å². The predicted octanol–water partition coefficient (Wildman–Crippen LogP) is 4.30. The number of carbonyl (C=O) groups is 2. The highest BCUT2D eigenvalue weighted by Crippen LogP contribution is 2.22. The summed E-state index contributed by atoms with van der Waals surface area (Å²) in [6.45, 7) is 10.1. The molecule has 8 heteroatoms. The molecule has 0 atom stereocenters. The number of rotatable bonds is 9. The first-order valence-corrected chi connectivity index (χ1v) is 11.2. The van der Waals surface area contributed by atoms with Gasteiger partial charge in [-0.15, -0.1) is 16.8 Å². The molecule has 0 radical (unpaired) electrons. The van der Waals surface area contributed by atoms with Gasteiger partial charge < -0.3 is 15.2 Å². The van der Waals surface area contributed by atoms with Crippen LogP contribution in [0.1, 0.15) is 22.5 Å². The van der Waals surface area contributed by atoms with E-state index in [0.717, 1.165) is 28.1 Å². The standard InChI is InChI=1S/C24H27N5O2S/c1-5-12-29-20(14-21(30)25-19-11-6-8-16(2)13-19)27-28-24(29)32-15-22(31)26-23-17(3)9-7-10-18(23)4/h5-11,13H,1,12,14-15H2,2-4H3,(H,25,30)(H,26,31). The Balaban J connectivity index is 1.64. The van der Waals surface area contributed by atoms with Crippen LogP contribution in [0.25, 0.3) is 0 Å². The van der Waals surface area contributed by atoms with Gasteiger partial charge in [-0.2, -0.15) is 0 Å². The van der Waals surface area contributed by atoms with Crippen LogP contribution in [0.4, 0.5) is 11.4 Å². The summed E-state index contributed by atoms with van der Waals surface area (Å²) in [6.07, 6.45) is 1.79. The number of thioether (sulfide) groups is 1. The molecule has 0 saturated carbocycles. The first-order valence-electron chi connectivity index (χ1n) is 10.3. The van der Waals surface area contributed by atoms with E-state index in [1.807, 2.05) is 63.2 Å². The second kappa shape index (κ2) is 10.8. The molecule has 0 aliphatic carbocycles. The first-order chi connectivity index (χ1) is 15.4. The van der Waals surface area contributed by atoms with Crippen LogP contribution >= 0.6 is 11.8 Å². The van der Waals surface area contributed by atoms with Gasteiger partial charge in [0.15, 0.2) is 5.16 Å². The van der Waals surface area contributed by atoms with Crippen LogP contribution in [0.15, 0.2) is 60.3 Å². The number of aromatic nitrogens is 3. The smallest absolute Gasteiger partial charge is 0.234 e. The Labute approximate surface area is 192 Å². The zero-order chi connectivity index (χ0) is 23.1. The SMILES string of the molecule is C=CCn1c(CC(=O)Nc2cccc(C)c2)nnc1SCC(=O)Nc1c(C)cccc1C. The Morgan fingerprint density at radius 2 is 1.75 bits per heavy atom. The minimum absolute atomic E-state index is 0.0734.